The van der Waals surface area contributed by atoms with Gasteiger partial charge in [0.2, 0.25) is 10.0 Å². The minimum Gasteiger partial charge on any atom is -0.349 e. The fourth-order valence-electron chi connectivity index (χ4n) is 2.23. The van der Waals surface area contributed by atoms with Crippen LogP contribution in [0.4, 0.5) is 0 Å². The van der Waals surface area contributed by atoms with E-state index in [9.17, 15) is 13.2 Å². The number of sulfonamides is 1. The first-order valence-corrected chi connectivity index (χ1v) is 10.3. The van der Waals surface area contributed by atoms with E-state index in [0.717, 1.165) is 16.9 Å². The molecule has 0 saturated carbocycles. The predicted octanol–water partition coefficient (Wildman–Crippen LogP) is 2.63. The first-order valence-electron chi connectivity index (χ1n) is 7.90. The number of rotatable bonds is 7. The number of benzene rings is 1. The van der Waals surface area contributed by atoms with Gasteiger partial charge in [-0.2, -0.15) is 0 Å². The molecule has 1 heterocycles. The van der Waals surface area contributed by atoms with Crippen LogP contribution in [0.5, 0.6) is 0 Å². The Kier molecular flexibility index (Phi) is 8.23. The van der Waals surface area contributed by atoms with Gasteiger partial charge in [-0.15, -0.1) is 23.7 Å². The maximum Gasteiger partial charge on any atom is 0.261 e. The first kappa shape index (κ1) is 22.6. The Bertz CT molecular complexity index is 833. The highest BCUT2D eigenvalue weighted by Gasteiger charge is 2.17. The van der Waals surface area contributed by atoms with Crippen LogP contribution in [0.2, 0.25) is 0 Å². The standard InChI is InChI=1S/C17H23N3O3S2.ClH/c1-11(2)12-4-6-13(7-5-12)15(18)9-20-17(21)16-8-14(10-24-16)25(22,23)19-3;/h4-8,10-11,15,19H,9,18H2,1-3H3,(H,20,21);1H. The van der Waals surface area contributed by atoms with E-state index in [0.29, 0.717) is 10.8 Å². The van der Waals surface area contributed by atoms with Crippen molar-refractivity contribution in [2.75, 3.05) is 13.6 Å². The van der Waals surface area contributed by atoms with E-state index in [1.807, 2.05) is 24.3 Å². The van der Waals surface area contributed by atoms with E-state index < -0.39 is 10.0 Å². The third-order valence-corrected chi connectivity index (χ3v) is 6.36. The number of carbonyl (C=O) groups is 1. The molecule has 0 aliphatic rings. The van der Waals surface area contributed by atoms with Gasteiger partial charge in [0.25, 0.3) is 5.91 Å². The molecule has 2 aromatic rings. The van der Waals surface area contributed by atoms with Crippen molar-refractivity contribution in [3.05, 3.63) is 51.7 Å². The monoisotopic (exact) mass is 417 g/mol. The highest BCUT2D eigenvalue weighted by Crippen LogP contribution is 2.20. The van der Waals surface area contributed by atoms with E-state index in [1.54, 1.807) is 0 Å². The van der Waals surface area contributed by atoms with Gasteiger partial charge in [-0.3, -0.25) is 4.79 Å². The fraction of sp³-hybridized carbons (Fsp3) is 0.353. The molecule has 0 spiro atoms. The number of nitrogens with one attached hydrogen (secondary N) is 2. The van der Waals surface area contributed by atoms with Crippen LogP contribution in [0.15, 0.2) is 40.6 Å². The number of nitrogens with two attached hydrogens (primary N) is 1. The third kappa shape index (κ3) is 5.52. The fourth-order valence-corrected chi connectivity index (χ4v) is 4.15. The van der Waals surface area contributed by atoms with E-state index in [1.165, 1.54) is 24.1 Å². The van der Waals surface area contributed by atoms with Crippen molar-refractivity contribution < 1.29 is 13.2 Å². The molecule has 1 aromatic carbocycles. The van der Waals surface area contributed by atoms with Gasteiger partial charge < -0.3 is 11.1 Å². The SMILES string of the molecule is CNS(=O)(=O)c1csc(C(=O)NCC(N)c2ccc(C(C)C)cc2)c1.Cl. The molecule has 1 atom stereocenters. The largest absolute Gasteiger partial charge is 0.349 e. The molecule has 0 radical (unpaired) electrons. The molecule has 0 aliphatic carbocycles. The summed E-state index contributed by atoms with van der Waals surface area (Å²) in [6.07, 6.45) is 0. The van der Waals surface area contributed by atoms with Gasteiger partial charge in [-0.1, -0.05) is 38.1 Å². The van der Waals surface area contributed by atoms with Crippen molar-refractivity contribution >= 4 is 39.7 Å². The molecule has 1 unspecified atom stereocenters. The molecule has 0 fully saturated rings. The topological polar surface area (TPSA) is 101 Å². The van der Waals surface area contributed by atoms with Crippen LogP contribution in [0, 0.1) is 0 Å². The van der Waals surface area contributed by atoms with E-state index in [4.69, 9.17) is 5.73 Å². The molecule has 1 amide bonds. The molecule has 0 saturated heterocycles. The maximum absolute atomic E-state index is 12.2. The summed E-state index contributed by atoms with van der Waals surface area (Å²) in [5, 5.41) is 4.18. The van der Waals surface area contributed by atoms with Gasteiger partial charge in [-0.25, -0.2) is 13.1 Å². The lowest BCUT2D eigenvalue weighted by Gasteiger charge is -2.14. The van der Waals surface area contributed by atoms with Crippen molar-refractivity contribution in [2.24, 2.45) is 5.73 Å². The van der Waals surface area contributed by atoms with Crippen molar-refractivity contribution in [3.63, 3.8) is 0 Å². The summed E-state index contributed by atoms with van der Waals surface area (Å²) >= 11 is 1.08. The smallest absolute Gasteiger partial charge is 0.261 e. The summed E-state index contributed by atoms with van der Waals surface area (Å²) in [5.41, 5.74) is 8.30. The van der Waals surface area contributed by atoms with Crippen LogP contribution in [0.1, 0.15) is 46.6 Å². The minimum absolute atomic E-state index is 0. The number of amides is 1. The summed E-state index contributed by atoms with van der Waals surface area (Å²) in [6.45, 7) is 4.52. The average Bonchev–Trinajstić information content (AvgIpc) is 3.10. The normalized spacial score (nSPS) is 12.5. The van der Waals surface area contributed by atoms with Gasteiger partial charge in [-0.05, 0) is 30.2 Å². The van der Waals surface area contributed by atoms with E-state index in [2.05, 4.69) is 23.9 Å². The number of halogens is 1. The molecule has 9 heteroatoms. The zero-order valence-electron chi connectivity index (χ0n) is 14.9. The first-order chi connectivity index (χ1) is 11.7. The van der Waals surface area contributed by atoms with Crippen molar-refractivity contribution in [1.29, 1.82) is 0 Å². The van der Waals surface area contributed by atoms with Crippen LogP contribution >= 0.6 is 23.7 Å². The molecule has 0 bridgehead atoms. The Balaban J connectivity index is 0.00000338. The minimum atomic E-state index is -3.54. The lowest BCUT2D eigenvalue weighted by molar-refractivity contribution is 0.0955. The van der Waals surface area contributed by atoms with Crippen LogP contribution in [0.25, 0.3) is 0 Å². The molecule has 144 valence electrons. The number of hydrogen-bond acceptors (Lipinski definition) is 5. The van der Waals surface area contributed by atoms with Crippen molar-refractivity contribution in [2.45, 2.75) is 30.7 Å². The van der Waals surface area contributed by atoms with Crippen LogP contribution in [-0.4, -0.2) is 27.9 Å². The molecule has 2 rings (SSSR count). The van der Waals surface area contributed by atoms with Crippen molar-refractivity contribution in [1.82, 2.24) is 10.0 Å². The zero-order valence-corrected chi connectivity index (χ0v) is 17.3. The maximum atomic E-state index is 12.2. The second-order valence-corrected chi connectivity index (χ2v) is 8.79. The molecular formula is C17H24ClN3O3S2. The summed E-state index contributed by atoms with van der Waals surface area (Å²) in [5.74, 6) is 0.115. The van der Waals surface area contributed by atoms with Crippen LogP contribution in [-0.2, 0) is 10.0 Å². The van der Waals surface area contributed by atoms with Crippen molar-refractivity contribution in [3.8, 4) is 0 Å². The van der Waals surface area contributed by atoms with Gasteiger partial charge in [0.15, 0.2) is 0 Å². The van der Waals surface area contributed by atoms with Gasteiger partial charge >= 0.3 is 0 Å². The summed E-state index contributed by atoms with van der Waals surface area (Å²) < 4.78 is 25.6. The average molecular weight is 418 g/mol. The summed E-state index contributed by atoms with van der Waals surface area (Å²) in [4.78, 5) is 12.6. The second-order valence-electron chi connectivity index (χ2n) is 5.99. The van der Waals surface area contributed by atoms with E-state index in [-0.39, 0.29) is 35.8 Å². The Hall–Kier alpha value is -1.45. The van der Waals surface area contributed by atoms with Crippen LogP contribution in [0.3, 0.4) is 0 Å². The zero-order chi connectivity index (χ0) is 18.6. The highest BCUT2D eigenvalue weighted by molar-refractivity contribution is 7.89. The molecular weight excluding hydrogens is 394 g/mol. The molecule has 4 N–H and O–H groups in total. The Labute approximate surface area is 164 Å². The number of carbonyl (C=O) groups excluding carboxylic acids is 1. The third-order valence-electron chi connectivity index (χ3n) is 3.89. The van der Waals surface area contributed by atoms with E-state index >= 15 is 0 Å². The quantitative estimate of drug-likeness (QED) is 0.644. The van der Waals surface area contributed by atoms with Gasteiger partial charge in [0, 0.05) is 18.0 Å². The number of thiophene rings is 1. The lowest BCUT2D eigenvalue weighted by Crippen LogP contribution is -2.31. The number of hydrogen-bond donors (Lipinski definition) is 3. The molecule has 1 aromatic heterocycles. The Morgan fingerprint density at radius 2 is 1.77 bits per heavy atom. The van der Waals surface area contributed by atoms with Gasteiger partial charge in [0.1, 0.15) is 0 Å². The summed E-state index contributed by atoms with van der Waals surface area (Å²) in [7, 11) is -2.21. The predicted molar refractivity (Wildman–Crippen MR) is 108 cm³/mol. The Morgan fingerprint density at radius 3 is 2.31 bits per heavy atom. The molecule has 6 nitrogen and oxygen atoms in total. The van der Waals surface area contributed by atoms with Crippen LogP contribution < -0.4 is 15.8 Å². The highest BCUT2D eigenvalue weighted by atomic mass is 35.5. The molecule has 0 aliphatic heterocycles. The lowest BCUT2D eigenvalue weighted by atomic mass is 9.99. The van der Waals surface area contributed by atoms with Gasteiger partial charge in [0.05, 0.1) is 9.77 Å². The molecule has 26 heavy (non-hydrogen) atoms. The Morgan fingerprint density at radius 1 is 1.19 bits per heavy atom. The summed E-state index contributed by atoms with van der Waals surface area (Å²) in [6, 6.07) is 9.04. The second kappa shape index (κ2) is 9.48.